The number of unbranched alkanes of at least 4 members (excludes halogenated alkanes) is 3. The SMILES string of the molecule is C[Te+](C)CCCCCC[Te+](C)C.[I-].[I-]. The van der Waals surface area contributed by atoms with E-state index >= 15 is 0 Å². The fourth-order valence-corrected chi connectivity index (χ4v) is 5.60. The molecule has 0 atom stereocenters. The van der Waals surface area contributed by atoms with E-state index in [2.05, 4.69) is 19.9 Å². The van der Waals surface area contributed by atoms with E-state index in [1.165, 1.54) is 25.7 Å². The van der Waals surface area contributed by atoms with Crippen LogP contribution in [0.4, 0.5) is 0 Å². The quantitative estimate of drug-likeness (QED) is 0.171. The normalized spacial score (nSPS) is 9.86. The van der Waals surface area contributed by atoms with Crippen molar-refractivity contribution in [3.8, 4) is 0 Å². The molecule has 90 valence electrons. The van der Waals surface area contributed by atoms with Gasteiger partial charge in [-0.3, -0.25) is 0 Å². The van der Waals surface area contributed by atoms with Crippen LogP contribution in [0.15, 0.2) is 0 Å². The topological polar surface area (TPSA) is 0 Å². The first kappa shape index (κ1) is 22.2. The molecule has 0 radical (unpaired) electrons. The molecule has 0 heterocycles. The molecule has 0 spiro atoms. The minimum Gasteiger partial charge on any atom is -1.00 e. The Kier molecular flexibility index (Phi) is 25.5. The van der Waals surface area contributed by atoms with E-state index in [0.717, 1.165) is 0 Å². The van der Waals surface area contributed by atoms with Gasteiger partial charge < -0.3 is 48.0 Å². The van der Waals surface area contributed by atoms with Gasteiger partial charge in [-0.05, 0) is 0 Å². The Morgan fingerprint density at radius 1 is 0.571 bits per heavy atom. The van der Waals surface area contributed by atoms with Crippen molar-refractivity contribution in [1.82, 2.24) is 0 Å². The fraction of sp³-hybridized carbons (Fsp3) is 1.00. The van der Waals surface area contributed by atoms with Crippen LogP contribution in [0, 0.1) is 0 Å². The number of rotatable bonds is 7. The molecule has 0 aromatic rings. The molecule has 0 amide bonds. The van der Waals surface area contributed by atoms with Gasteiger partial charge in [0.2, 0.25) is 0 Å². The van der Waals surface area contributed by atoms with Gasteiger partial charge in [-0.15, -0.1) is 0 Å². The number of halogens is 2. The first-order valence-corrected chi connectivity index (χ1v) is 17.3. The molecule has 0 saturated heterocycles. The molecule has 0 aliphatic carbocycles. The van der Waals surface area contributed by atoms with E-state index in [1.807, 2.05) is 0 Å². The van der Waals surface area contributed by atoms with Crippen molar-refractivity contribution in [1.29, 1.82) is 0 Å². The molecule has 0 N–H and O–H groups in total. The maximum atomic E-state index is 2.49. The molecule has 0 unspecified atom stereocenters. The zero-order valence-electron chi connectivity index (χ0n) is 9.82. The van der Waals surface area contributed by atoms with Gasteiger partial charge >= 0.3 is 93.6 Å². The molecule has 0 fully saturated rings. The second-order valence-corrected chi connectivity index (χ2v) is 17.4. The zero-order valence-corrected chi connectivity index (χ0v) is 18.8. The van der Waals surface area contributed by atoms with Crippen molar-refractivity contribution in [2.45, 2.75) is 54.5 Å². The third-order valence-electron chi connectivity index (χ3n) is 1.86. The van der Waals surface area contributed by atoms with E-state index in [9.17, 15) is 0 Å². The Morgan fingerprint density at radius 3 is 1.07 bits per heavy atom. The van der Waals surface area contributed by atoms with Gasteiger partial charge in [0.1, 0.15) is 0 Å². The van der Waals surface area contributed by atoms with Gasteiger partial charge in [0.05, 0.1) is 0 Å². The minimum absolute atomic E-state index is 0. The Bertz CT molecular complexity index is 86.1. The van der Waals surface area contributed by atoms with Crippen molar-refractivity contribution < 1.29 is 48.0 Å². The molecule has 4 heteroatoms. The van der Waals surface area contributed by atoms with Crippen LogP contribution in [0.2, 0.25) is 28.8 Å². The summed E-state index contributed by atoms with van der Waals surface area (Å²) >= 11 is -0.973. The van der Waals surface area contributed by atoms with Gasteiger partial charge in [-0.25, -0.2) is 0 Å². The van der Waals surface area contributed by atoms with Crippen molar-refractivity contribution in [2.75, 3.05) is 0 Å². The van der Waals surface area contributed by atoms with E-state index in [4.69, 9.17) is 0 Å². The van der Waals surface area contributed by atoms with Gasteiger partial charge in [0.25, 0.3) is 0 Å². The third kappa shape index (κ3) is 20.5. The smallest absolute Gasteiger partial charge is 1.00 e. The van der Waals surface area contributed by atoms with Crippen molar-refractivity contribution >= 4 is 39.1 Å². The summed E-state index contributed by atoms with van der Waals surface area (Å²) in [6, 6.07) is 0. The van der Waals surface area contributed by atoms with E-state index in [1.54, 1.807) is 8.94 Å². The molecule has 0 aliphatic heterocycles. The standard InChI is InChI=1S/C10H24Te2.2HI/c1-11(2)9-7-5-6-8-10-12(3)4;;/h5-10H2,1-4H3;2*1H/q+2;;/p-2. The van der Waals surface area contributed by atoms with Crippen LogP contribution in [-0.2, 0) is 0 Å². The van der Waals surface area contributed by atoms with Crippen molar-refractivity contribution in [2.24, 2.45) is 0 Å². The Balaban J connectivity index is -0.000000605. The van der Waals surface area contributed by atoms with Crippen LogP contribution in [0.1, 0.15) is 25.7 Å². The Labute approximate surface area is 139 Å². The van der Waals surface area contributed by atoms with Crippen LogP contribution in [0.3, 0.4) is 0 Å². The van der Waals surface area contributed by atoms with Gasteiger partial charge in [0.15, 0.2) is 0 Å². The molecule has 0 bridgehead atoms. The molecule has 14 heavy (non-hydrogen) atoms. The molecule has 0 aromatic carbocycles. The van der Waals surface area contributed by atoms with E-state index in [0.29, 0.717) is 0 Å². The Morgan fingerprint density at radius 2 is 0.857 bits per heavy atom. The van der Waals surface area contributed by atoms with E-state index < -0.39 is 39.1 Å². The number of hydrogen-bond acceptors (Lipinski definition) is 0. The molecule has 0 rings (SSSR count). The van der Waals surface area contributed by atoms with Gasteiger partial charge in [-0.1, -0.05) is 0 Å². The monoisotopic (exact) mass is 658 g/mol. The summed E-state index contributed by atoms with van der Waals surface area (Å²) in [5.41, 5.74) is 0. The van der Waals surface area contributed by atoms with Crippen LogP contribution < -0.4 is 48.0 Å². The van der Waals surface area contributed by atoms with Crippen molar-refractivity contribution in [3.05, 3.63) is 0 Å². The molecule has 0 aromatic heterocycles. The molecular formula is C10H24I2Te2. The maximum absolute atomic E-state index is 2.49. The second-order valence-electron chi connectivity index (χ2n) is 3.79. The Hall–Kier alpha value is 3.04. The predicted octanol–water partition coefficient (Wildman–Crippen LogP) is -1.94. The minimum atomic E-state index is -0.487. The number of hydrogen-bond donors (Lipinski definition) is 0. The second kappa shape index (κ2) is 16.0. The first-order chi connectivity index (χ1) is 5.63. The molecule has 0 aliphatic rings. The summed E-state index contributed by atoms with van der Waals surface area (Å²) in [6.07, 6.45) is 6.11. The maximum Gasteiger partial charge on any atom is -1.00 e. The summed E-state index contributed by atoms with van der Waals surface area (Å²) in [7, 11) is 0. The first-order valence-electron chi connectivity index (χ1n) is 4.71. The summed E-state index contributed by atoms with van der Waals surface area (Å²) in [5.74, 6) is 0. The summed E-state index contributed by atoms with van der Waals surface area (Å²) in [6.45, 7) is 0. The van der Waals surface area contributed by atoms with Crippen LogP contribution in [-0.4, -0.2) is 39.1 Å². The van der Waals surface area contributed by atoms with Crippen molar-refractivity contribution in [3.63, 3.8) is 0 Å². The average molecular weight is 653 g/mol. The predicted molar refractivity (Wildman–Crippen MR) is 63.0 cm³/mol. The summed E-state index contributed by atoms with van der Waals surface area (Å²) in [4.78, 5) is 9.97. The third-order valence-corrected chi connectivity index (χ3v) is 8.16. The fourth-order valence-electron chi connectivity index (χ4n) is 1.14. The molecule has 0 nitrogen and oxygen atoms in total. The van der Waals surface area contributed by atoms with Gasteiger partial charge in [-0.2, -0.15) is 0 Å². The zero-order chi connectivity index (χ0) is 9.40. The molecular weight excluding hydrogens is 629 g/mol. The summed E-state index contributed by atoms with van der Waals surface area (Å²) < 4.78 is 3.20. The largest absolute Gasteiger partial charge is 1.00 e. The van der Waals surface area contributed by atoms with Crippen LogP contribution in [0.5, 0.6) is 0 Å². The van der Waals surface area contributed by atoms with Gasteiger partial charge in [0, 0.05) is 0 Å². The molecule has 0 saturated carbocycles. The average Bonchev–Trinajstić information content (AvgIpc) is 1.95. The van der Waals surface area contributed by atoms with Crippen LogP contribution >= 0.6 is 0 Å². The summed E-state index contributed by atoms with van der Waals surface area (Å²) in [5, 5.41) is 0. The van der Waals surface area contributed by atoms with E-state index in [-0.39, 0.29) is 48.0 Å². The van der Waals surface area contributed by atoms with Crippen LogP contribution in [0.25, 0.3) is 0 Å².